The van der Waals surface area contributed by atoms with Gasteiger partial charge in [-0.1, -0.05) is 101 Å². The van der Waals surface area contributed by atoms with Crippen LogP contribution >= 0.6 is 0 Å². The molecule has 1 unspecified atom stereocenters. The smallest absolute Gasteiger partial charge is 0.137 e. The van der Waals surface area contributed by atoms with Crippen molar-refractivity contribution in [3.8, 4) is 22.3 Å². The molecule has 6 aromatic rings. The molecule has 6 rings (SSSR count). The molecule has 3 heteroatoms. The predicted octanol–water partition coefficient (Wildman–Crippen LogP) is 10.4. The summed E-state index contributed by atoms with van der Waals surface area (Å²) in [5.41, 5.74) is 8.30. The molecule has 0 bridgehead atoms. The molecule has 0 aliphatic rings. The van der Waals surface area contributed by atoms with Gasteiger partial charge in [-0.3, -0.25) is 4.40 Å². The summed E-state index contributed by atoms with van der Waals surface area (Å²) in [5, 5.41) is 2.01. The Labute approximate surface area is 224 Å². The lowest BCUT2D eigenvalue weighted by molar-refractivity contribution is 0.586. The third-order valence-electron chi connectivity index (χ3n) is 7.35. The maximum Gasteiger partial charge on any atom is 0.137 e. The van der Waals surface area contributed by atoms with Crippen LogP contribution in [-0.2, 0) is 0 Å². The van der Waals surface area contributed by atoms with Gasteiger partial charge in [0.1, 0.15) is 11.5 Å². The summed E-state index contributed by atoms with van der Waals surface area (Å²) in [6.07, 6.45) is 5.12. The molecule has 1 atom stereocenters. The Kier molecular flexibility index (Phi) is 7.55. The lowest BCUT2D eigenvalue weighted by atomic mass is 9.83. The average molecular weight is 503 g/mol. The van der Waals surface area contributed by atoms with E-state index in [1.807, 2.05) is 38.1 Å². The van der Waals surface area contributed by atoms with Crippen molar-refractivity contribution >= 4 is 27.5 Å². The van der Waals surface area contributed by atoms with Crippen LogP contribution in [0, 0.1) is 5.82 Å². The predicted molar refractivity (Wildman–Crippen MR) is 160 cm³/mol. The molecule has 4 aromatic carbocycles. The highest BCUT2D eigenvalue weighted by Gasteiger charge is 2.25. The molecule has 0 aliphatic carbocycles. The monoisotopic (exact) mass is 502 g/mol. The largest absolute Gasteiger partial charge is 0.299 e. The number of benzene rings is 4. The van der Waals surface area contributed by atoms with Crippen molar-refractivity contribution in [2.75, 3.05) is 0 Å². The van der Waals surface area contributed by atoms with E-state index in [9.17, 15) is 0 Å². The molecule has 192 valence electrons. The number of rotatable bonds is 6. The Hall–Kier alpha value is -3.98. The van der Waals surface area contributed by atoms with Gasteiger partial charge in [0.25, 0.3) is 0 Å². The first-order valence-electron chi connectivity index (χ1n) is 13.9. The normalized spacial score (nSPS) is 12.0. The number of nitrogens with zero attached hydrogens (tertiary/aromatic N) is 2. The molecule has 0 spiro atoms. The Morgan fingerprint density at radius 1 is 0.789 bits per heavy atom. The van der Waals surface area contributed by atoms with E-state index < -0.39 is 0 Å². The van der Waals surface area contributed by atoms with Crippen molar-refractivity contribution in [3.63, 3.8) is 0 Å². The van der Waals surface area contributed by atoms with Gasteiger partial charge < -0.3 is 0 Å². The SMILES string of the molecule is CC.CCCC(CC)c1cc(F)cc2c(-c3ccccc3)c(-c3ccccc3)c3c(nc4ccccn43)c12. The van der Waals surface area contributed by atoms with E-state index in [2.05, 4.69) is 79.0 Å². The number of fused-ring (bicyclic) bond motifs is 5. The number of halogens is 1. The number of hydrogen-bond donors (Lipinski definition) is 0. The van der Waals surface area contributed by atoms with Gasteiger partial charge in [-0.25, -0.2) is 9.37 Å². The first-order valence-corrected chi connectivity index (χ1v) is 13.9. The van der Waals surface area contributed by atoms with E-state index in [-0.39, 0.29) is 11.7 Å². The van der Waals surface area contributed by atoms with Gasteiger partial charge in [-0.05, 0) is 70.7 Å². The Bertz CT molecular complexity index is 1680. The fourth-order valence-corrected chi connectivity index (χ4v) is 5.79. The number of aromatic nitrogens is 2. The summed E-state index contributed by atoms with van der Waals surface area (Å²) >= 11 is 0. The maximum atomic E-state index is 15.4. The summed E-state index contributed by atoms with van der Waals surface area (Å²) in [6, 6.07) is 30.4. The number of imidazole rings is 1. The van der Waals surface area contributed by atoms with Crippen LogP contribution < -0.4 is 0 Å². The number of hydrogen-bond acceptors (Lipinski definition) is 1. The highest BCUT2D eigenvalue weighted by molar-refractivity contribution is 6.21. The van der Waals surface area contributed by atoms with Crippen molar-refractivity contribution in [1.29, 1.82) is 0 Å². The minimum absolute atomic E-state index is 0.189. The molecule has 2 heterocycles. The fourth-order valence-electron chi connectivity index (χ4n) is 5.79. The Morgan fingerprint density at radius 2 is 1.42 bits per heavy atom. The molecule has 0 fully saturated rings. The average Bonchev–Trinajstić information content (AvgIpc) is 3.36. The minimum Gasteiger partial charge on any atom is -0.299 e. The van der Waals surface area contributed by atoms with Gasteiger partial charge in [-0.2, -0.15) is 0 Å². The van der Waals surface area contributed by atoms with Gasteiger partial charge >= 0.3 is 0 Å². The summed E-state index contributed by atoms with van der Waals surface area (Å²) < 4.78 is 17.6. The quantitative estimate of drug-likeness (QED) is 0.221. The molecule has 38 heavy (non-hydrogen) atoms. The van der Waals surface area contributed by atoms with Crippen LogP contribution in [0.3, 0.4) is 0 Å². The van der Waals surface area contributed by atoms with Crippen LogP contribution in [0.2, 0.25) is 0 Å². The molecule has 0 saturated heterocycles. The van der Waals surface area contributed by atoms with E-state index in [1.54, 1.807) is 12.1 Å². The lowest BCUT2D eigenvalue weighted by Gasteiger charge is -2.22. The molecule has 0 radical (unpaired) electrons. The van der Waals surface area contributed by atoms with Crippen LogP contribution in [0.1, 0.15) is 58.4 Å². The molecule has 0 N–H and O–H groups in total. The van der Waals surface area contributed by atoms with Crippen LogP contribution in [0.4, 0.5) is 4.39 Å². The van der Waals surface area contributed by atoms with E-state index >= 15 is 4.39 Å². The molecule has 0 saturated carbocycles. The van der Waals surface area contributed by atoms with Crippen LogP contribution in [0.5, 0.6) is 0 Å². The molecule has 0 amide bonds. The van der Waals surface area contributed by atoms with Gasteiger partial charge in [0.15, 0.2) is 0 Å². The molecular formula is C35H35FN2. The van der Waals surface area contributed by atoms with Gasteiger partial charge in [-0.15, -0.1) is 0 Å². The van der Waals surface area contributed by atoms with Gasteiger partial charge in [0.2, 0.25) is 0 Å². The first-order chi connectivity index (χ1) is 18.7. The van der Waals surface area contributed by atoms with E-state index in [0.717, 1.165) is 74.5 Å². The molecule has 2 nitrogen and oxygen atoms in total. The zero-order valence-corrected chi connectivity index (χ0v) is 22.7. The number of pyridine rings is 1. The second-order valence-corrected chi connectivity index (χ2v) is 9.53. The summed E-state index contributed by atoms with van der Waals surface area (Å²) in [7, 11) is 0. The van der Waals surface area contributed by atoms with Crippen LogP contribution in [0.25, 0.3) is 49.7 Å². The Balaban J connectivity index is 0.00000144. The van der Waals surface area contributed by atoms with Gasteiger partial charge in [0, 0.05) is 17.1 Å². The molecule has 0 aliphatic heterocycles. The first kappa shape index (κ1) is 25.7. The van der Waals surface area contributed by atoms with Crippen molar-refractivity contribution < 1.29 is 4.39 Å². The summed E-state index contributed by atoms with van der Waals surface area (Å²) in [5.74, 6) is 0.0822. The maximum absolute atomic E-state index is 15.4. The van der Waals surface area contributed by atoms with Crippen molar-refractivity contribution in [2.24, 2.45) is 0 Å². The highest BCUT2D eigenvalue weighted by Crippen LogP contribution is 2.47. The third kappa shape index (κ3) is 4.36. The van der Waals surface area contributed by atoms with Crippen LogP contribution in [-0.4, -0.2) is 9.38 Å². The topological polar surface area (TPSA) is 17.3 Å². The minimum atomic E-state index is -0.189. The van der Waals surface area contributed by atoms with E-state index in [0.29, 0.717) is 0 Å². The highest BCUT2D eigenvalue weighted by atomic mass is 19.1. The van der Waals surface area contributed by atoms with Gasteiger partial charge in [0.05, 0.1) is 11.0 Å². The second kappa shape index (κ2) is 11.2. The van der Waals surface area contributed by atoms with Crippen molar-refractivity contribution in [2.45, 2.75) is 52.9 Å². The second-order valence-electron chi connectivity index (χ2n) is 9.53. The van der Waals surface area contributed by atoms with E-state index in [1.165, 1.54) is 0 Å². The fraction of sp³-hybridized carbons (Fsp3) is 0.229. The van der Waals surface area contributed by atoms with Crippen molar-refractivity contribution in [3.05, 3.63) is 109 Å². The Morgan fingerprint density at radius 3 is 2.05 bits per heavy atom. The zero-order valence-electron chi connectivity index (χ0n) is 22.7. The zero-order chi connectivity index (χ0) is 26.6. The summed E-state index contributed by atoms with van der Waals surface area (Å²) in [6.45, 7) is 8.40. The third-order valence-corrected chi connectivity index (χ3v) is 7.35. The molecular weight excluding hydrogens is 467 g/mol. The van der Waals surface area contributed by atoms with Crippen molar-refractivity contribution in [1.82, 2.24) is 9.38 Å². The van der Waals surface area contributed by atoms with Crippen LogP contribution in [0.15, 0.2) is 97.2 Å². The summed E-state index contributed by atoms with van der Waals surface area (Å²) in [4.78, 5) is 5.17. The lowest BCUT2D eigenvalue weighted by Crippen LogP contribution is -2.02. The standard InChI is InChI=1S/C33H29FN2.C2H6/c1-3-13-22(4-2)26-20-25(34)21-27-29(23-14-7-5-8-15-23)30(24-16-9-6-10-17-24)33-32(31(26)27)35-28-18-11-12-19-36(28)33;1-2/h5-12,14-22H,3-4,13H2,1-2H3;1-2H3. The molecule has 2 aromatic heterocycles. The van der Waals surface area contributed by atoms with E-state index in [4.69, 9.17) is 4.98 Å².